The highest BCUT2D eigenvalue weighted by atomic mass is 16.2. The molecule has 4 rings (SSSR count). The van der Waals surface area contributed by atoms with Crippen LogP contribution in [0.5, 0.6) is 0 Å². The second-order valence-corrected chi connectivity index (χ2v) is 8.14. The van der Waals surface area contributed by atoms with Crippen LogP contribution in [0.3, 0.4) is 0 Å². The summed E-state index contributed by atoms with van der Waals surface area (Å²) in [6.07, 6.45) is 5.76. The summed E-state index contributed by atoms with van der Waals surface area (Å²) in [4.78, 5) is 36.0. The number of nitrogens with one attached hydrogen (secondary N) is 1. The minimum absolute atomic E-state index is 0.0179. The molecule has 3 amide bonds. The van der Waals surface area contributed by atoms with Gasteiger partial charge in [0.25, 0.3) is 5.91 Å². The van der Waals surface area contributed by atoms with Crippen molar-refractivity contribution in [1.29, 1.82) is 0 Å². The van der Waals surface area contributed by atoms with Crippen LogP contribution in [-0.2, 0) is 11.3 Å². The molecule has 27 heavy (non-hydrogen) atoms. The van der Waals surface area contributed by atoms with Gasteiger partial charge in [0.05, 0.1) is 12.4 Å². The topological polar surface area (TPSA) is 68.8 Å². The fourth-order valence-electron chi connectivity index (χ4n) is 4.63. The van der Waals surface area contributed by atoms with E-state index in [4.69, 9.17) is 0 Å². The molecule has 0 aromatic carbocycles. The Morgan fingerprint density at radius 2 is 1.93 bits per heavy atom. The lowest BCUT2D eigenvalue weighted by Gasteiger charge is -2.38. The first-order chi connectivity index (χ1) is 13.1. The van der Waals surface area contributed by atoms with E-state index in [0.717, 1.165) is 64.1 Å². The minimum Gasteiger partial charge on any atom is -0.323 e. The van der Waals surface area contributed by atoms with E-state index in [9.17, 15) is 9.59 Å². The average Bonchev–Trinajstić information content (AvgIpc) is 2.91. The van der Waals surface area contributed by atoms with E-state index >= 15 is 0 Å². The van der Waals surface area contributed by atoms with Gasteiger partial charge in [0.15, 0.2) is 0 Å². The number of rotatable bonds is 4. The van der Waals surface area contributed by atoms with Gasteiger partial charge in [-0.3, -0.25) is 19.6 Å². The first-order valence-corrected chi connectivity index (χ1v) is 10.1. The monoisotopic (exact) mass is 371 g/mol. The number of imide groups is 1. The standard InChI is InChI=1S/C20H29N5O2/c1-16-6-2-4-8-20(16)18(26)25(19(27)22-20)15-24-12-10-23(11-13-24)14-17-7-3-5-9-21-17/h3,5,7,9,16H,2,4,6,8,10-15H2,1H3,(H,22,27)/t16-,20-/m1/s1. The van der Waals surface area contributed by atoms with Crippen LogP contribution in [-0.4, -0.2) is 70.0 Å². The molecule has 2 saturated heterocycles. The van der Waals surface area contributed by atoms with Gasteiger partial charge in [0.2, 0.25) is 0 Å². The quantitative estimate of drug-likeness (QED) is 0.815. The summed E-state index contributed by atoms with van der Waals surface area (Å²) in [5.41, 5.74) is 0.420. The van der Waals surface area contributed by atoms with Crippen molar-refractivity contribution >= 4 is 11.9 Å². The van der Waals surface area contributed by atoms with Crippen LogP contribution in [0.1, 0.15) is 38.3 Å². The van der Waals surface area contributed by atoms with Gasteiger partial charge in [-0.1, -0.05) is 25.8 Å². The third-order valence-electron chi connectivity index (χ3n) is 6.42. The van der Waals surface area contributed by atoms with Gasteiger partial charge >= 0.3 is 6.03 Å². The predicted octanol–water partition coefficient (Wildman–Crippen LogP) is 1.66. The maximum atomic E-state index is 13.1. The highest BCUT2D eigenvalue weighted by Gasteiger charge is 2.55. The molecule has 146 valence electrons. The van der Waals surface area contributed by atoms with Gasteiger partial charge in [0, 0.05) is 38.9 Å². The number of amides is 3. The molecule has 1 aliphatic carbocycles. The summed E-state index contributed by atoms with van der Waals surface area (Å²) in [6, 6.07) is 5.77. The second kappa shape index (κ2) is 7.56. The number of aromatic nitrogens is 1. The fourth-order valence-corrected chi connectivity index (χ4v) is 4.63. The van der Waals surface area contributed by atoms with E-state index in [1.165, 1.54) is 4.90 Å². The Labute approximate surface area is 160 Å². The Kier molecular flexibility index (Phi) is 5.14. The molecular weight excluding hydrogens is 342 g/mol. The van der Waals surface area contributed by atoms with Gasteiger partial charge in [-0.25, -0.2) is 9.69 Å². The molecule has 0 radical (unpaired) electrons. The molecule has 0 bridgehead atoms. The normalized spacial score (nSPS) is 30.1. The zero-order chi connectivity index (χ0) is 18.9. The van der Waals surface area contributed by atoms with E-state index in [1.807, 2.05) is 24.4 Å². The lowest BCUT2D eigenvalue weighted by molar-refractivity contribution is -0.136. The van der Waals surface area contributed by atoms with Gasteiger partial charge in [0.1, 0.15) is 5.54 Å². The van der Waals surface area contributed by atoms with Gasteiger partial charge in [-0.2, -0.15) is 0 Å². The van der Waals surface area contributed by atoms with Crippen LogP contribution in [0, 0.1) is 5.92 Å². The molecule has 7 heteroatoms. The first kappa shape index (κ1) is 18.4. The Morgan fingerprint density at radius 3 is 2.63 bits per heavy atom. The van der Waals surface area contributed by atoms with Crippen LogP contribution in [0.15, 0.2) is 24.4 Å². The molecule has 1 spiro atoms. The summed E-state index contributed by atoms with van der Waals surface area (Å²) >= 11 is 0. The molecule has 1 saturated carbocycles. The Morgan fingerprint density at radius 1 is 1.15 bits per heavy atom. The highest BCUT2D eigenvalue weighted by Crippen LogP contribution is 2.38. The van der Waals surface area contributed by atoms with Crippen molar-refractivity contribution in [1.82, 2.24) is 25.0 Å². The fraction of sp³-hybridized carbons (Fsp3) is 0.650. The van der Waals surface area contributed by atoms with Crippen molar-refractivity contribution in [2.75, 3.05) is 32.8 Å². The zero-order valence-corrected chi connectivity index (χ0v) is 16.1. The van der Waals surface area contributed by atoms with E-state index in [1.54, 1.807) is 0 Å². The Balaban J connectivity index is 1.32. The lowest BCUT2D eigenvalue weighted by Crippen LogP contribution is -2.55. The van der Waals surface area contributed by atoms with Crippen molar-refractivity contribution in [2.24, 2.45) is 5.92 Å². The molecule has 2 atom stereocenters. The summed E-state index contributed by atoms with van der Waals surface area (Å²) in [6.45, 7) is 6.88. The number of carbonyl (C=O) groups is 2. The lowest BCUT2D eigenvalue weighted by atomic mass is 9.73. The molecule has 3 heterocycles. The van der Waals surface area contributed by atoms with Crippen molar-refractivity contribution in [3.63, 3.8) is 0 Å². The number of carbonyl (C=O) groups excluding carboxylic acids is 2. The highest BCUT2D eigenvalue weighted by molar-refractivity contribution is 6.07. The number of hydrogen-bond donors (Lipinski definition) is 1. The maximum Gasteiger partial charge on any atom is 0.326 e. The smallest absolute Gasteiger partial charge is 0.323 e. The van der Waals surface area contributed by atoms with E-state index < -0.39 is 5.54 Å². The van der Waals surface area contributed by atoms with Crippen molar-refractivity contribution in [3.05, 3.63) is 30.1 Å². The summed E-state index contributed by atoms with van der Waals surface area (Å²) in [5, 5.41) is 3.04. The van der Waals surface area contributed by atoms with Gasteiger partial charge < -0.3 is 5.32 Å². The third kappa shape index (κ3) is 3.58. The summed E-state index contributed by atoms with van der Waals surface area (Å²) in [5.74, 6) is 0.193. The molecule has 0 unspecified atom stereocenters. The van der Waals surface area contributed by atoms with E-state index in [0.29, 0.717) is 6.67 Å². The molecule has 1 aromatic heterocycles. The first-order valence-electron chi connectivity index (χ1n) is 10.1. The molecule has 1 aromatic rings. The molecule has 3 aliphatic rings. The minimum atomic E-state index is -0.657. The predicted molar refractivity (Wildman–Crippen MR) is 102 cm³/mol. The molecule has 1 N–H and O–H groups in total. The number of hydrogen-bond acceptors (Lipinski definition) is 5. The molecule has 3 fully saturated rings. The maximum absolute atomic E-state index is 13.1. The Bertz CT molecular complexity index is 689. The SMILES string of the molecule is C[C@@H]1CCCC[C@@]12NC(=O)N(CN1CCN(Cc3ccccn3)CC1)C2=O. The van der Waals surface area contributed by atoms with Gasteiger partial charge in [-0.05, 0) is 30.9 Å². The van der Waals surface area contributed by atoms with Crippen molar-refractivity contribution in [3.8, 4) is 0 Å². The Hall–Kier alpha value is -1.99. The molecular formula is C20H29N5O2. The molecule has 7 nitrogen and oxygen atoms in total. The van der Waals surface area contributed by atoms with Crippen molar-refractivity contribution < 1.29 is 9.59 Å². The second-order valence-electron chi connectivity index (χ2n) is 8.14. The summed E-state index contributed by atoms with van der Waals surface area (Å²) in [7, 11) is 0. The number of piperazine rings is 1. The van der Waals surface area contributed by atoms with Crippen LogP contribution < -0.4 is 5.32 Å². The van der Waals surface area contributed by atoms with Crippen LogP contribution >= 0.6 is 0 Å². The number of pyridine rings is 1. The number of nitrogens with zero attached hydrogens (tertiary/aromatic N) is 4. The van der Waals surface area contributed by atoms with Crippen LogP contribution in [0.2, 0.25) is 0 Å². The van der Waals surface area contributed by atoms with Crippen molar-refractivity contribution in [2.45, 2.75) is 44.7 Å². The largest absolute Gasteiger partial charge is 0.326 e. The van der Waals surface area contributed by atoms with E-state index in [2.05, 4.69) is 27.0 Å². The van der Waals surface area contributed by atoms with Crippen LogP contribution in [0.4, 0.5) is 4.79 Å². The zero-order valence-electron chi connectivity index (χ0n) is 16.1. The third-order valence-corrected chi connectivity index (χ3v) is 6.42. The van der Waals surface area contributed by atoms with E-state index in [-0.39, 0.29) is 17.9 Å². The average molecular weight is 371 g/mol. The van der Waals surface area contributed by atoms with Crippen LogP contribution in [0.25, 0.3) is 0 Å². The number of urea groups is 1. The van der Waals surface area contributed by atoms with Gasteiger partial charge in [-0.15, -0.1) is 0 Å². The summed E-state index contributed by atoms with van der Waals surface area (Å²) < 4.78 is 0. The molecule has 2 aliphatic heterocycles.